The van der Waals surface area contributed by atoms with Gasteiger partial charge in [0, 0.05) is 18.7 Å². The molecule has 2 aromatic carbocycles. The van der Waals surface area contributed by atoms with Gasteiger partial charge in [-0.15, -0.1) is 5.10 Å². The number of nitrogens with one attached hydrogen (secondary N) is 1. The van der Waals surface area contributed by atoms with Gasteiger partial charge in [0.25, 0.3) is 5.91 Å². The second-order valence-electron chi connectivity index (χ2n) is 9.30. The predicted octanol–water partition coefficient (Wildman–Crippen LogP) is 3.41. The number of methoxy groups -OCH3 is 1. The molecule has 198 valence electrons. The van der Waals surface area contributed by atoms with Crippen LogP contribution in [-0.4, -0.2) is 58.1 Å². The van der Waals surface area contributed by atoms with E-state index in [2.05, 4.69) is 15.6 Å². The Bertz CT molecular complexity index is 1410. The van der Waals surface area contributed by atoms with Crippen molar-refractivity contribution in [1.29, 1.82) is 0 Å². The van der Waals surface area contributed by atoms with Gasteiger partial charge >= 0.3 is 0 Å². The van der Waals surface area contributed by atoms with Gasteiger partial charge in [0.2, 0.25) is 5.91 Å². The minimum atomic E-state index is -1.02. The van der Waals surface area contributed by atoms with Crippen molar-refractivity contribution < 1.29 is 23.5 Å². The maximum Gasteiger partial charge on any atom is 0.250 e. The summed E-state index contributed by atoms with van der Waals surface area (Å²) in [6.07, 6.45) is 1.80. The molecular weight excluding hydrogens is 486 g/mol. The number of ether oxygens (including phenoxy) is 2. The molecule has 2 aromatic heterocycles. The number of hydrogen-bond acceptors (Lipinski definition) is 7. The summed E-state index contributed by atoms with van der Waals surface area (Å²) in [6, 6.07) is 17.4. The van der Waals surface area contributed by atoms with E-state index in [4.69, 9.17) is 13.9 Å². The first-order valence-corrected chi connectivity index (χ1v) is 12.7. The van der Waals surface area contributed by atoms with Gasteiger partial charge in [-0.3, -0.25) is 9.59 Å². The van der Waals surface area contributed by atoms with Crippen molar-refractivity contribution in [3.8, 4) is 5.75 Å². The quantitative estimate of drug-likeness (QED) is 0.343. The van der Waals surface area contributed by atoms with Crippen LogP contribution >= 0.6 is 0 Å². The minimum Gasteiger partial charge on any atom is -0.496 e. The molecule has 0 radical (unpaired) electrons. The lowest BCUT2D eigenvalue weighted by molar-refractivity contribution is -0.143. The summed E-state index contributed by atoms with van der Waals surface area (Å²) in [4.78, 5) is 29.2. The molecule has 4 aromatic rings. The third-order valence-electron chi connectivity index (χ3n) is 6.68. The summed E-state index contributed by atoms with van der Waals surface area (Å²) in [5.41, 5.74) is 2.17. The Morgan fingerprint density at radius 3 is 2.74 bits per heavy atom. The van der Waals surface area contributed by atoms with Crippen LogP contribution in [0.25, 0.3) is 11.0 Å². The van der Waals surface area contributed by atoms with Crippen LogP contribution in [0.5, 0.6) is 5.75 Å². The van der Waals surface area contributed by atoms with Crippen LogP contribution in [0, 0.1) is 6.92 Å². The maximum absolute atomic E-state index is 14.0. The van der Waals surface area contributed by atoms with E-state index >= 15 is 0 Å². The smallest absolute Gasteiger partial charge is 0.250 e. The number of carbonyl (C=O) groups excluding carboxylic acids is 2. The van der Waals surface area contributed by atoms with Gasteiger partial charge in [-0.1, -0.05) is 35.5 Å². The van der Waals surface area contributed by atoms with E-state index in [1.165, 1.54) is 4.90 Å². The second-order valence-corrected chi connectivity index (χ2v) is 9.30. The van der Waals surface area contributed by atoms with E-state index < -0.39 is 6.04 Å². The highest BCUT2D eigenvalue weighted by Gasteiger charge is 2.35. The zero-order valence-corrected chi connectivity index (χ0v) is 21.5. The molecule has 0 bridgehead atoms. The summed E-state index contributed by atoms with van der Waals surface area (Å²) in [7, 11) is 1.58. The average molecular weight is 518 g/mol. The summed E-state index contributed by atoms with van der Waals surface area (Å²) in [5, 5.41) is 11.3. The van der Waals surface area contributed by atoms with Crippen LogP contribution in [0.3, 0.4) is 0 Å². The summed E-state index contributed by atoms with van der Waals surface area (Å²) in [5.74, 6) is 0.966. The molecule has 1 aliphatic heterocycles. The standard InChI is InChI=1S/C28H31N5O5/c1-19-13-14-25(38-19)27(28(35)29-16-21-9-7-15-37-21)32(17-20-8-3-6-12-24(20)36-2)26(34)18-33-23-11-5-4-10-22(23)30-31-33/h3-6,8,10-14,21,27H,7,9,15-18H2,1-2H3,(H,29,35)/t21-,27+/m1/s1. The van der Waals surface area contributed by atoms with E-state index in [1.54, 1.807) is 30.8 Å². The van der Waals surface area contributed by atoms with Crippen molar-refractivity contribution in [3.63, 3.8) is 0 Å². The largest absolute Gasteiger partial charge is 0.496 e. The first-order valence-electron chi connectivity index (χ1n) is 12.7. The molecule has 2 atom stereocenters. The van der Waals surface area contributed by atoms with Crippen LogP contribution in [0.2, 0.25) is 0 Å². The molecule has 1 aliphatic rings. The number of rotatable bonds is 10. The van der Waals surface area contributed by atoms with E-state index in [9.17, 15) is 9.59 Å². The molecule has 5 rings (SSSR count). The Morgan fingerprint density at radius 1 is 1.16 bits per heavy atom. The Morgan fingerprint density at radius 2 is 1.97 bits per heavy atom. The Balaban J connectivity index is 1.50. The average Bonchev–Trinajstić information content (AvgIpc) is 3.69. The van der Waals surface area contributed by atoms with Crippen molar-refractivity contribution in [2.75, 3.05) is 20.3 Å². The van der Waals surface area contributed by atoms with Gasteiger partial charge < -0.3 is 24.1 Å². The molecule has 1 saturated heterocycles. The van der Waals surface area contributed by atoms with E-state index in [1.807, 2.05) is 48.5 Å². The van der Waals surface area contributed by atoms with Crippen LogP contribution in [0.4, 0.5) is 0 Å². The van der Waals surface area contributed by atoms with Crippen molar-refractivity contribution in [1.82, 2.24) is 25.2 Å². The SMILES string of the molecule is COc1ccccc1CN(C(=O)Cn1nnc2ccccc21)[C@H](C(=O)NC[C@H]1CCCO1)c1ccc(C)o1. The summed E-state index contributed by atoms with van der Waals surface area (Å²) < 4.78 is 18.7. The zero-order valence-electron chi connectivity index (χ0n) is 21.5. The number of amides is 2. The Hall–Kier alpha value is -4.18. The fraction of sp³-hybridized carbons (Fsp3) is 0.357. The third-order valence-corrected chi connectivity index (χ3v) is 6.68. The zero-order chi connectivity index (χ0) is 26.5. The number of carbonyl (C=O) groups is 2. The molecule has 1 N–H and O–H groups in total. The van der Waals surface area contributed by atoms with Gasteiger partial charge in [0.15, 0.2) is 6.04 Å². The number of hydrogen-bond donors (Lipinski definition) is 1. The van der Waals surface area contributed by atoms with E-state index in [0.29, 0.717) is 35.9 Å². The van der Waals surface area contributed by atoms with E-state index in [0.717, 1.165) is 23.9 Å². The lowest BCUT2D eigenvalue weighted by Crippen LogP contribution is -2.46. The first-order chi connectivity index (χ1) is 18.5. The highest BCUT2D eigenvalue weighted by Crippen LogP contribution is 2.29. The molecule has 0 aliphatic carbocycles. The molecule has 0 unspecified atom stereocenters. The normalized spacial score (nSPS) is 15.9. The number of benzene rings is 2. The van der Waals surface area contributed by atoms with Gasteiger partial charge in [-0.2, -0.15) is 0 Å². The topological polar surface area (TPSA) is 112 Å². The van der Waals surface area contributed by atoms with Crippen molar-refractivity contribution in [3.05, 3.63) is 77.7 Å². The number of furan rings is 1. The molecule has 3 heterocycles. The number of para-hydroxylation sites is 2. The fourth-order valence-electron chi connectivity index (χ4n) is 4.73. The lowest BCUT2D eigenvalue weighted by Gasteiger charge is -2.30. The highest BCUT2D eigenvalue weighted by molar-refractivity contribution is 5.89. The molecule has 1 fully saturated rings. The number of fused-ring (bicyclic) bond motifs is 1. The Kier molecular flexibility index (Phi) is 7.69. The molecule has 0 saturated carbocycles. The fourth-order valence-corrected chi connectivity index (χ4v) is 4.73. The molecule has 10 nitrogen and oxygen atoms in total. The molecule has 10 heteroatoms. The van der Waals surface area contributed by atoms with Crippen LogP contribution in [-0.2, 0) is 27.4 Å². The van der Waals surface area contributed by atoms with Gasteiger partial charge in [0.1, 0.15) is 29.3 Å². The van der Waals surface area contributed by atoms with Gasteiger partial charge in [-0.25, -0.2) is 4.68 Å². The first kappa shape index (κ1) is 25.5. The minimum absolute atomic E-state index is 0.0437. The van der Waals surface area contributed by atoms with Crippen LogP contribution in [0.15, 0.2) is 65.1 Å². The number of aryl methyl sites for hydroxylation is 1. The number of aromatic nitrogens is 3. The molecular formula is C28H31N5O5. The number of nitrogens with zero attached hydrogens (tertiary/aromatic N) is 4. The third kappa shape index (κ3) is 5.55. The van der Waals surface area contributed by atoms with Crippen molar-refractivity contribution in [2.24, 2.45) is 0 Å². The lowest BCUT2D eigenvalue weighted by atomic mass is 10.1. The summed E-state index contributed by atoms with van der Waals surface area (Å²) in [6.45, 7) is 2.86. The van der Waals surface area contributed by atoms with Gasteiger partial charge in [0.05, 0.1) is 25.3 Å². The van der Waals surface area contributed by atoms with Crippen LogP contribution in [0.1, 0.15) is 36.0 Å². The highest BCUT2D eigenvalue weighted by atomic mass is 16.5. The van der Waals surface area contributed by atoms with Gasteiger partial charge in [-0.05, 0) is 50.1 Å². The molecule has 2 amide bonds. The van der Waals surface area contributed by atoms with Crippen molar-refractivity contribution >= 4 is 22.8 Å². The summed E-state index contributed by atoms with van der Waals surface area (Å²) >= 11 is 0. The van der Waals surface area contributed by atoms with Crippen molar-refractivity contribution in [2.45, 2.75) is 45.0 Å². The molecule has 0 spiro atoms. The predicted molar refractivity (Wildman–Crippen MR) is 139 cm³/mol. The maximum atomic E-state index is 14.0. The monoisotopic (exact) mass is 517 g/mol. The second kappa shape index (κ2) is 11.5. The van der Waals surface area contributed by atoms with E-state index in [-0.39, 0.29) is 31.0 Å². The van der Waals surface area contributed by atoms with Crippen LogP contribution < -0.4 is 10.1 Å². The Labute approximate surface area is 220 Å². The molecule has 38 heavy (non-hydrogen) atoms.